The van der Waals surface area contributed by atoms with Gasteiger partial charge in [-0.3, -0.25) is 9.79 Å². The molecule has 0 aromatic carbocycles. The standard InChI is InChI=1S/C17H23N5O2S.C2H6/c1-17(2,24)13-5-4-6-14(21-13)22-15(19-10-25)12(9-18-3)16(23)20-11-7-8-11;1-2/h4-6,9-11,24H,7-8H2,1-3H3,(H,19,25)(H,20,23)(H,21,22);1-2H3/b15-12-,18-9?;. The zero-order chi connectivity index (χ0) is 20.4. The highest BCUT2D eigenvalue weighted by Crippen LogP contribution is 2.21. The molecule has 0 atom stereocenters. The molecule has 148 valence electrons. The first-order valence-electron chi connectivity index (χ1n) is 8.99. The fraction of sp³-hybridized carbons (Fsp3) is 0.474. The maximum Gasteiger partial charge on any atom is 0.256 e. The van der Waals surface area contributed by atoms with Gasteiger partial charge < -0.3 is 21.1 Å². The van der Waals surface area contributed by atoms with Crippen LogP contribution in [0.15, 0.2) is 34.6 Å². The number of carbonyl (C=O) groups is 1. The summed E-state index contributed by atoms with van der Waals surface area (Å²) in [4.78, 5) is 20.8. The lowest BCUT2D eigenvalue weighted by atomic mass is 10.1. The first kappa shape index (κ1) is 22.7. The molecule has 4 N–H and O–H groups in total. The molecule has 1 aromatic rings. The molecular formula is C19H29N5O2S. The molecule has 0 bridgehead atoms. The number of pyridine rings is 1. The zero-order valence-electron chi connectivity index (χ0n) is 16.5. The van der Waals surface area contributed by atoms with Crippen LogP contribution in [0.3, 0.4) is 0 Å². The van der Waals surface area contributed by atoms with Gasteiger partial charge in [-0.15, -0.1) is 0 Å². The number of carbonyl (C=O) groups excluding carboxylic acids is 1. The number of hydrogen-bond acceptors (Lipinski definition) is 6. The Hall–Kier alpha value is -2.32. The van der Waals surface area contributed by atoms with Gasteiger partial charge in [0.05, 0.1) is 16.8 Å². The van der Waals surface area contributed by atoms with Crippen molar-refractivity contribution in [2.24, 2.45) is 4.99 Å². The Balaban J connectivity index is 0.00000176. The highest BCUT2D eigenvalue weighted by Gasteiger charge is 2.26. The van der Waals surface area contributed by atoms with Crippen molar-refractivity contribution in [1.82, 2.24) is 15.6 Å². The second-order valence-electron chi connectivity index (χ2n) is 6.28. The topological polar surface area (TPSA) is 98.6 Å². The molecule has 0 aliphatic heterocycles. The van der Waals surface area contributed by atoms with Gasteiger partial charge in [-0.25, -0.2) is 4.98 Å². The van der Waals surface area contributed by atoms with Crippen LogP contribution >= 0.6 is 12.2 Å². The fourth-order valence-electron chi connectivity index (χ4n) is 2.07. The third-order valence-electron chi connectivity index (χ3n) is 3.52. The number of aromatic nitrogens is 1. The lowest BCUT2D eigenvalue weighted by molar-refractivity contribution is -0.117. The molecule has 1 fully saturated rings. The maximum atomic E-state index is 12.5. The van der Waals surface area contributed by atoms with Crippen molar-refractivity contribution in [1.29, 1.82) is 0 Å². The van der Waals surface area contributed by atoms with Gasteiger partial charge in [0, 0.05) is 19.3 Å². The summed E-state index contributed by atoms with van der Waals surface area (Å²) in [6, 6.07) is 5.46. The van der Waals surface area contributed by atoms with Crippen molar-refractivity contribution in [2.75, 3.05) is 12.4 Å². The minimum atomic E-state index is -1.07. The molecule has 1 heterocycles. The van der Waals surface area contributed by atoms with Crippen LogP contribution < -0.4 is 16.0 Å². The van der Waals surface area contributed by atoms with Crippen molar-refractivity contribution in [2.45, 2.75) is 52.2 Å². The molecule has 2 rings (SSSR count). The van der Waals surface area contributed by atoms with E-state index in [1.165, 1.54) is 11.7 Å². The number of nitrogens with one attached hydrogen (secondary N) is 3. The average Bonchev–Trinajstić information content (AvgIpc) is 3.44. The average molecular weight is 392 g/mol. The van der Waals surface area contributed by atoms with Crippen LogP contribution in [0.5, 0.6) is 0 Å². The number of thiocarbonyl (C=S) groups is 1. The van der Waals surface area contributed by atoms with E-state index in [2.05, 4.69) is 25.9 Å². The summed E-state index contributed by atoms with van der Waals surface area (Å²) < 4.78 is 0. The highest BCUT2D eigenvalue weighted by atomic mass is 32.1. The van der Waals surface area contributed by atoms with E-state index in [1.54, 1.807) is 39.1 Å². The van der Waals surface area contributed by atoms with Gasteiger partial charge in [0.25, 0.3) is 5.91 Å². The number of aliphatic hydroxyl groups is 1. The summed E-state index contributed by atoms with van der Waals surface area (Å²) in [7, 11) is 1.59. The van der Waals surface area contributed by atoms with E-state index in [0.29, 0.717) is 22.9 Å². The minimum Gasteiger partial charge on any atom is -0.384 e. The van der Waals surface area contributed by atoms with Crippen LogP contribution in [-0.4, -0.2) is 40.8 Å². The summed E-state index contributed by atoms with van der Waals surface area (Å²) in [6.07, 6.45) is 3.44. The Labute approximate surface area is 166 Å². The Morgan fingerprint density at radius 3 is 2.56 bits per heavy atom. The van der Waals surface area contributed by atoms with Gasteiger partial charge in [0.2, 0.25) is 0 Å². The number of rotatable bonds is 8. The Kier molecular flexibility index (Phi) is 9.04. The quantitative estimate of drug-likeness (QED) is 0.309. The van der Waals surface area contributed by atoms with Gasteiger partial charge in [0.1, 0.15) is 17.2 Å². The lowest BCUT2D eigenvalue weighted by Gasteiger charge is -2.19. The predicted octanol–water partition coefficient (Wildman–Crippen LogP) is 2.48. The molecule has 1 aromatic heterocycles. The van der Waals surface area contributed by atoms with Crippen LogP contribution in [0.2, 0.25) is 0 Å². The van der Waals surface area contributed by atoms with Crippen LogP contribution in [0, 0.1) is 0 Å². The van der Waals surface area contributed by atoms with E-state index >= 15 is 0 Å². The monoisotopic (exact) mass is 391 g/mol. The summed E-state index contributed by atoms with van der Waals surface area (Å²) in [6.45, 7) is 7.31. The van der Waals surface area contributed by atoms with Crippen molar-refractivity contribution in [3.8, 4) is 0 Å². The number of anilines is 1. The number of amides is 1. The Morgan fingerprint density at radius 2 is 2.04 bits per heavy atom. The molecule has 7 nitrogen and oxygen atoms in total. The van der Waals surface area contributed by atoms with Gasteiger partial charge in [-0.2, -0.15) is 0 Å². The van der Waals surface area contributed by atoms with Gasteiger partial charge in [-0.1, -0.05) is 32.1 Å². The first-order chi connectivity index (χ1) is 12.8. The Morgan fingerprint density at radius 1 is 1.37 bits per heavy atom. The fourth-order valence-corrected chi connectivity index (χ4v) is 2.19. The smallest absolute Gasteiger partial charge is 0.256 e. The van der Waals surface area contributed by atoms with E-state index in [0.717, 1.165) is 12.8 Å². The van der Waals surface area contributed by atoms with E-state index in [4.69, 9.17) is 12.2 Å². The normalized spacial score (nSPS) is 14.6. The molecule has 8 heteroatoms. The summed E-state index contributed by atoms with van der Waals surface area (Å²) in [5.74, 6) is 0.609. The second-order valence-corrected chi connectivity index (χ2v) is 6.51. The van der Waals surface area contributed by atoms with Gasteiger partial charge in [-0.05, 0) is 38.8 Å². The van der Waals surface area contributed by atoms with Crippen LogP contribution in [0.1, 0.15) is 46.2 Å². The molecule has 0 saturated heterocycles. The zero-order valence-corrected chi connectivity index (χ0v) is 17.4. The third-order valence-corrected chi connectivity index (χ3v) is 3.63. The Bertz CT molecular complexity index is 706. The second kappa shape index (κ2) is 10.7. The van der Waals surface area contributed by atoms with Crippen molar-refractivity contribution in [3.05, 3.63) is 35.3 Å². The molecule has 1 aliphatic carbocycles. The van der Waals surface area contributed by atoms with E-state index in [-0.39, 0.29) is 11.9 Å². The van der Waals surface area contributed by atoms with Gasteiger partial charge >= 0.3 is 0 Å². The molecule has 0 spiro atoms. The highest BCUT2D eigenvalue weighted by molar-refractivity contribution is 7.78. The maximum absolute atomic E-state index is 12.5. The minimum absolute atomic E-state index is 0.220. The molecule has 1 amide bonds. The summed E-state index contributed by atoms with van der Waals surface area (Å²) >= 11 is 4.87. The number of hydrogen-bond donors (Lipinski definition) is 4. The van der Waals surface area contributed by atoms with Crippen LogP contribution in [-0.2, 0) is 10.4 Å². The number of nitrogens with zero attached hydrogens (tertiary/aromatic N) is 2. The largest absolute Gasteiger partial charge is 0.384 e. The summed E-state index contributed by atoms with van der Waals surface area (Å²) in [5, 5.41) is 18.9. The third kappa shape index (κ3) is 7.44. The molecule has 0 unspecified atom stereocenters. The predicted molar refractivity (Wildman–Crippen MR) is 114 cm³/mol. The molecule has 0 radical (unpaired) electrons. The molecule has 1 aliphatic rings. The van der Waals surface area contributed by atoms with E-state index in [1.807, 2.05) is 13.8 Å². The summed E-state index contributed by atoms with van der Waals surface area (Å²) in [5.41, 5.74) is 1.06. The van der Waals surface area contributed by atoms with E-state index < -0.39 is 5.60 Å². The molecule has 27 heavy (non-hydrogen) atoms. The van der Waals surface area contributed by atoms with Crippen molar-refractivity contribution >= 4 is 35.6 Å². The first-order valence-corrected chi connectivity index (χ1v) is 9.46. The van der Waals surface area contributed by atoms with Crippen LogP contribution in [0.4, 0.5) is 5.82 Å². The number of aliphatic imine (C=N–C) groups is 1. The van der Waals surface area contributed by atoms with Crippen LogP contribution in [0.25, 0.3) is 0 Å². The van der Waals surface area contributed by atoms with E-state index in [9.17, 15) is 9.90 Å². The van der Waals surface area contributed by atoms with Crippen molar-refractivity contribution < 1.29 is 9.90 Å². The van der Waals surface area contributed by atoms with Gasteiger partial charge in [0.15, 0.2) is 0 Å². The SMILES string of the molecule is CC.CN=C/C(C(=O)NC1CC1)=C(\NC=S)Nc1cccc(C(C)(C)O)n1. The lowest BCUT2D eigenvalue weighted by Crippen LogP contribution is -2.32. The molecule has 1 saturated carbocycles. The molecular weight excluding hydrogens is 362 g/mol. The van der Waals surface area contributed by atoms with Crippen molar-refractivity contribution in [3.63, 3.8) is 0 Å².